The van der Waals surface area contributed by atoms with Crippen molar-refractivity contribution in [1.29, 1.82) is 0 Å². The Balaban J connectivity index is 3.07. The van der Waals surface area contributed by atoms with Crippen LogP contribution in [-0.4, -0.2) is 153 Å². The van der Waals surface area contributed by atoms with Crippen LogP contribution in [0.15, 0.2) is 0 Å². The Labute approximate surface area is 359 Å². The van der Waals surface area contributed by atoms with Crippen molar-refractivity contribution in [2.45, 2.75) is 148 Å². The number of nitrogens with zero attached hydrogens (tertiary/aromatic N) is 1. The highest BCUT2D eigenvalue weighted by Crippen LogP contribution is 2.21. The van der Waals surface area contributed by atoms with Crippen LogP contribution in [0, 0.1) is 11.8 Å². The number of likely N-dealkylation sites (tertiary alicyclic amines) is 1. The Hall–Kier alpha value is -5.91. The maximum absolute atomic E-state index is 13.7. The molecule has 0 saturated carbocycles. The monoisotopic (exact) mass is 884 g/mol. The van der Waals surface area contributed by atoms with Crippen LogP contribution < -0.4 is 48.7 Å². The molecule has 0 bridgehead atoms. The van der Waals surface area contributed by atoms with Crippen molar-refractivity contribution in [3.8, 4) is 0 Å². The van der Waals surface area contributed by atoms with E-state index in [0.29, 0.717) is 12.8 Å². The van der Waals surface area contributed by atoms with E-state index in [0.717, 1.165) is 0 Å². The fourth-order valence-electron chi connectivity index (χ4n) is 6.12. The van der Waals surface area contributed by atoms with Crippen molar-refractivity contribution >= 4 is 65.1 Å². The number of carbonyl (C=O) groups is 11. The molecule has 1 saturated heterocycles. The lowest BCUT2D eigenvalue weighted by atomic mass is 9.97. The van der Waals surface area contributed by atoms with Crippen molar-refractivity contribution in [3.05, 3.63) is 0 Å². The van der Waals surface area contributed by atoms with Gasteiger partial charge in [-0.3, -0.25) is 47.9 Å². The molecule has 0 aromatic heterocycles. The number of aliphatic hydroxyl groups excluding tert-OH is 1. The van der Waals surface area contributed by atoms with Gasteiger partial charge in [0, 0.05) is 19.4 Å². The summed E-state index contributed by atoms with van der Waals surface area (Å²) >= 11 is 0. The van der Waals surface area contributed by atoms with Crippen molar-refractivity contribution in [2.24, 2.45) is 23.3 Å². The second kappa shape index (κ2) is 25.8. The SMILES string of the molecule is CC[C@H](C)[C@H](NC(=O)[C@@H]1CCCN1C(=O)[C@@H](NC(=O)[C@H](C)N)C(C)C)C(=O)N[C@@H](C)C(=O)N[C@@H](CCC(N)=O)C(=O)N[C@@H](C)C(=O)N[C@@H](CO)C(=O)N[C@@H](CCC(=O)O)C(=O)O. The minimum absolute atomic E-state index is 0.229. The number of rotatable bonds is 26. The number of primary amides is 1. The number of hydrogen-bond acceptors (Lipinski definition) is 13. The number of nitrogens with two attached hydrogens (primary N) is 2. The first-order valence-corrected chi connectivity index (χ1v) is 20.4. The number of carbonyl (C=O) groups excluding carboxylic acids is 9. The van der Waals surface area contributed by atoms with Gasteiger partial charge in [-0.05, 0) is 58.3 Å². The van der Waals surface area contributed by atoms with Gasteiger partial charge in [0.2, 0.25) is 53.2 Å². The molecule has 0 aliphatic carbocycles. The van der Waals surface area contributed by atoms with Gasteiger partial charge < -0.3 is 68.9 Å². The third kappa shape index (κ3) is 17.2. The lowest BCUT2D eigenvalue weighted by Crippen LogP contribution is -2.60. The van der Waals surface area contributed by atoms with E-state index in [1.54, 1.807) is 27.7 Å². The Bertz CT molecular complexity index is 1660. The predicted octanol–water partition coefficient (Wildman–Crippen LogP) is -4.33. The maximum Gasteiger partial charge on any atom is 0.326 e. The number of nitrogens with one attached hydrogen (secondary N) is 7. The zero-order valence-electron chi connectivity index (χ0n) is 36.1. The van der Waals surface area contributed by atoms with Gasteiger partial charge >= 0.3 is 11.9 Å². The molecule has 1 aliphatic heterocycles. The van der Waals surface area contributed by atoms with Crippen molar-refractivity contribution < 1.29 is 68.1 Å². The predicted molar refractivity (Wildman–Crippen MR) is 218 cm³/mol. The van der Waals surface area contributed by atoms with E-state index in [-0.39, 0.29) is 25.3 Å². The first kappa shape index (κ1) is 54.1. The third-order valence-corrected chi connectivity index (χ3v) is 10.2. The minimum Gasteiger partial charge on any atom is -0.481 e. The van der Waals surface area contributed by atoms with Gasteiger partial charge in [-0.2, -0.15) is 0 Å². The molecule has 1 aliphatic rings. The molecule has 9 amide bonds. The van der Waals surface area contributed by atoms with Gasteiger partial charge in [-0.25, -0.2) is 4.79 Å². The Morgan fingerprint density at radius 1 is 0.645 bits per heavy atom. The average Bonchev–Trinajstić information content (AvgIpc) is 3.70. The number of carboxylic acids is 2. The van der Waals surface area contributed by atoms with E-state index in [4.69, 9.17) is 16.6 Å². The van der Waals surface area contributed by atoms with Gasteiger partial charge in [-0.1, -0.05) is 34.1 Å². The molecule has 0 aromatic rings. The molecule has 350 valence electrons. The number of carboxylic acid groups (broad SMARTS) is 2. The molecule has 62 heavy (non-hydrogen) atoms. The van der Waals surface area contributed by atoms with E-state index in [2.05, 4.69) is 31.9 Å². The average molecular weight is 885 g/mol. The molecular weight excluding hydrogens is 820 g/mol. The summed E-state index contributed by atoms with van der Waals surface area (Å²) in [5, 5.41) is 44.6. The van der Waals surface area contributed by atoms with Crippen molar-refractivity contribution in [3.63, 3.8) is 0 Å². The van der Waals surface area contributed by atoms with Crippen LogP contribution in [0.25, 0.3) is 0 Å². The molecule has 0 radical (unpaired) electrons. The number of hydrogen-bond donors (Lipinski definition) is 12. The highest BCUT2D eigenvalue weighted by atomic mass is 16.4. The van der Waals surface area contributed by atoms with Gasteiger partial charge in [0.05, 0.1) is 12.6 Å². The lowest BCUT2D eigenvalue weighted by Gasteiger charge is -2.32. The summed E-state index contributed by atoms with van der Waals surface area (Å²) in [6.45, 7) is 10.1. The molecule has 10 atom stereocenters. The van der Waals surface area contributed by atoms with E-state index in [1.165, 1.54) is 25.7 Å². The third-order valence-electron chi connectivity index (χ3n) is 10.2. The highest BCUT2D eigenvalue weighted by molar-refractivity contribution is 5.98. The molecular formula is C38H64N10O14. The van der Waals surface area contributed by atoms with Crippen LogP contribution in [0.5, 0.6) is 0 Å². The topological polar surface area (TPSA) is 388 Å². The Kier molecular flexibility index (Phi) is 22.5. The van der Waals surface area contributed by atoms with Crippen LogP contribution in [0.1, 0.15) is 93.4 Å². The maximum atomic E-state index is 13.7. The first-order valence-electron chi connectivity index (χ1n) is 20.4. The first-order chi connectivity index (χ1) is 28.9. The van der Waals surface area contributed by atoms with Gasteiger partial charge in [0.1, 0.15) is 48.3 Å². The summed E-state index contributed by atoms with van der Waals surface area (Å²) in [5.41, 5.74) is 10.9. The van der Waals surface area contributed by atoms with Gasteiger partial charge in [0.15, 0.2) is 0 Å². The Morgan fingerprint density at radius 2 is 1.16 bits per heavy atom. The standard InChI is InChI=1S/C38H64N10O14/c1-8-18(4)29(47-35(58)25-10-9-15-48(25)37(60)28(17(2)3)46-30(53)19(5)39)36(59)42-21(7)31(54)43-22(11-13-26(40)50)33(56)41-20(6)32(55)45-24(16-49)34(57)44-23(38(61)62)12-14-27(51)52/h17-25,28-29,49H,8-16,39H2,1-7H3,(H2,40,50)(H,41,56)(H,42,59)(H,43,54)(H,44,57)(H,45,55)(H,46,53)(H,47,58)(H,51,52)(H,61,62)/t18-,19-,20-,21-,22-,23-,24-,25-,28-,29-/m0/s1. The zero-order valence-corrected chi connectivity index (χ0v) is 36.1. The Morgan fingerprint density at radius 3 is 1.65 bits per heavy atom. The highest BCUT2D eigenvalue weighted by Gasteiger charge is 2.41. The van der Waals surface area contributed by atoms with Crippen LogP contribution in [0.3, 0.4) is 0 Å². The number of amides is 9. The molecule has 1 rings (SSSR count). The van der Waals surface area contributed by atoms with Crippen LogP contribution >= 0.6 is 0 Å². The summed E-state index contributed by atoms with van der Waals surface area (Å²) < 4.78 is 0. The van der Waals surface area contributed by atoms with Gasteiger partial charge in [0.25, 0.3) is 0 Å². The quantitative estimate of drug-likeness (QED) is 0.0391. The van der Waals surface area contributed by atoms with Crippen molar-refractivity contribution in [2.75, 3.05) is 13.2 Å². The molecule has 24 heteroatoms. The smallest absolute Gasteiger partial charge is 0.326 e. The van der Waals surface area contributed by atoms with E-state index in [1.807, 2.05) is 5.32 Å². The lowest BCUT2D eigenvalue weighted by molar-refractivity contribution is -0.144. The van der Waals surface area contributed by atoms with Crippen LogP contribution in [0.2, 0.25) is 0 Å². The molecule has 24 nitrogen and oxygen atoms in total. The summed E-state index contributed by atoms with van der Waals surface area (Å²) in [6.07, 6.45) is -0.683. The fraction of sp³-hybridized carbons (Fsp3) is 0.711. The summed E-state index contributed by atoms with van der Waals surface area (Å²) in [5.74, 6) is -11.1. The number of aliphatic carboxylic acids is 2. The van der Waals surface area contributed by atoms with Crippen LogP contribution in [0.4, 0.5) is 0 Å². The zero-order chi connectivity index (χ0) is 47.6. The minimum atomic E-state index is -1.72. The van der Waals surface area contributed by atoms with E-state index < -0.39 is 151 Å². The molecule has 1 heterocycles. The molecule has 0 spiro atoms. The van der Waals surface area contributed by atoms with E-state index >= 15 is 0 Å². The second-order valence-corrected chi connectivity index (χ2v) is 15.7. The number of aliphatic hydroxyl groups is 1. The normalized spacial score (nSPS) is 17.9. The largest absolute Gasteiger partial charge is 0.481 e. The summed E-state index contributed by atoms with van der Waals surface area (Å²) in [4.78, 5) is 141. The summed E-state index contributed by atoms with van der Waals surface area (Å²) in [6, 6.07) is -11.6. The fourth-order valence-corrected chi connectivity index (χ4v) is 6.12. The molecule has 1 fully saturated rings. The van der Waals surface area contributed by atoms with Crippen LogP contribution in [-0.2, 0) is 52.7 Å². The summed E-state index contributed by atoms with van der Waals surface area (Å²) in [7, 11) is 0. The van der Waals surface area contributed by atoms with E-state index in [9.17, 15) is 63.0 Å². The van der Waals surface area contributed by atoms with Gasteiger partial charge in [-0.15, -0.1) is 0 Å². The molecule has 0 unspecified atom stereocenters. The molecule has 14 N–H and O–H groups in total. The molecule has 0 aromatic carbocycles. The van der Waals surface area contributed by atoms with Crippen molar-refractivity contribution in [1.82, 2.24) is 42.1 Å². The second-order valence-electron chi connectivity index (χ2n) is 15.7.